The molecular weight excluding hydrogens is 207 g/mol. The predicted molar refractivity (Wildman–Crippen MR) is 61.9 cm³/mol. The van der Waals surface area contributed by atoms with Gasteiger partial charge in [-0.25, -0.2) is 9.37 Å². The van der Waals surface area contributed by atoms with Crippen LogP contribution in [-0.2, 0) is 0 Å². The second kappa shape index (κ2) is 4.45. The van der Waals surface area contributed by atoms with Crippen LogP contribution in [-0.4, -0.2) is 22.7 Å². The van der Waals surface area contributed by atoms with Crippen LogP contribution in [0, 0.1) is 5.82 Å². The monoisotopic (exact) mass is 220 g/mol. The van der Waals surface area contributed by atoms with Gasteiger partial charge < -0.3 is 10.4 Å². The zero-order valence-corrected chi connectivity index (χ0v) is 8.94. The average molecular weight is 220 g/mol. The number of hydrogen-bond donors (Lipinski definition) is 2. The molecule has 0 fully saturated rings. The Morgan fingerprint density at radius 1 is 1.38 bits per heavy atom. The number of halogens is 1. The second-order valence-electron chi connectivity index (χ2n) is 3.76. The van der Waals surface area contributed by atoms with E-state index in [2.05, 4.69) is 10.3 Å². The maximum Gasteiger partial charge on any atom is 0.126 e. The number of rotatable bonds is 3. The Bertz CT molecular complexity index is 499. The first-order chi connectivity index (χ1) is 7.65. The van der Waals surface area contributed by atoms with Crippen molar-refractivity contribution < 1.29 is 9.50 Å². The minimum Gasteiger partial charge on any atom is -0.392 e. The highest BCUT2D eigenvalue weighted by Crippen LogP contribution is 2.16. The Kier molecular flexibility index (Phi) is 3.01. The summed E-state index contributed by atoms with van der Waals surface area (Å²) in [6.07, 6.45) is -0.440. The molecule has 1 aromatic carbocycles. The molecule has 16 heavy (non-hydrogen) atoms. The van der Waals surface area contributed by atoms with Crippen molar-refractivity contribution in [2.45, 2.75) is 13.0 Å². The number of pyridine rings is 1. The van der Waals surface area contributed by atoms with Crippen LogP contribution in [0.3, 0.4) is 0 Å². The molecule has 2 N–H and O–H groups in total. The van der Waals surface area contributed by atoms with Gasteiger partial charge in [0.2, 0.25) is 0 Å². The first-order valence-corrected chi connectivity index (χ1v) is 5.13. The van der Waals surface area contributed by atoms with Gasteiger partial charge in [0.05, 0.1) is 11.6 Å². The third-order valence-corrected chi connectivity index (χ3v) is 2.23. The van der Waals surface area contributed by atoms with Crippen LogP contribution in [0.25, 0.3) is 10.9 Å². The summed E-state index contributed by atoms with van der Waals surface area (Å²) in [7, 11) is 0. The van der Waals surface area contributed by atoms with Crippen molar-refractivity contribution in [1.82, 2.24) is 4.98 Å². The van der Waals surface area contributed by atoms with Crippen LogP contribution in [0.2, 0.25) is 0 Å². The summed E-state index contributed by atoms with van der Waals surface area (Å²) < 4.78 is 13.0. The molecule has 0 spiro atoms. The molecule has 84 valence electrons. The molecule has 0 bridgehead atoms. The van der Waals surface area contributed by atoms with E-state index in [1.165, 1.54) is 12.1 Å². The molecule has 0 aliphatic heterocycles. The van der Waals surface area contributed by atoms with Crippen LogP contribution in [0.15, 0.2) is 30.3 Å². The van der Waals surface area contributed by atoms with E-state index in [4.69, 9.17) is 5.11 Å². The molecule has 0 radical (unpaired) electrons. The highest BCUT2D eigenvalue weighted by atomic mass is 19.1. The third kappa shape index (κ3) is 2.46. The maximum absolute atomic E-state index is 13.0. The van der Waals surface area contributed by atoms with Gasteiger partial charge in [0, 0.05) is 18.0 Å². The number of anilines is 1. The van der Waals surface area contributed by atoms with E-state index in [1.807, 2.05) is 12.1 Å². The highest BCUT2D eigenvalue weighted by Gasteiger charge is 2.00. The minimum atomic E-state index is -0.440. The van der Waals surface area contributed by atoms with Gasteiger partial charge in [-0.3, -0.25) is 0 Å². The Balaban J connectivity index is 2.28. The third-order valence-electron chi connectivity index (χ3n) is 2.23. The number of nitrogens with zero attached hydrogens (tertiary/aromatic N) is 1. The van der Waals surface area contributed by atoms with Crippen molar-refractivity contribution in [3.63, 3.8) is 0 Å². The number of benzene rings is 1. The summed E-state index contributed by atoms with van der Waals surface area (Å²) in [4.78, 5) is 4.25. The zero-order valence-electron chi connectivity index (χ0n) is 8.94. The molecule has 2 rings (SSSR count). The summed E-state index contributed by atoms with van der Waals surface area (Å²) in [5.41, 5.74) is 0.607. The topological polar surface area (TPSA) is 45.1 Å². The molecule has 1 unspecified atom stereocenters. The van der Waals surface area contributed by atoms with Gasteiger partial charge in [-0.2, -0.15) is 0 Å². The Morgan fingerprint density at radius 2 is 2.12 bits per heavy atom. The quantitative estimate of drug-likeness (QED) is 0.833. The normalized spacial score (nSPS) is 12.7. The highest BCUT2D eigenvalue weighted by molar-refractivity contribution is 5.80. The molecule has 0 aliphatic rings. The number of fused-ring (bicyclic) bond motifs is 1. The lowest BCUT2D eigenvalue weighted by Gasteiger charge is -2.08. The smallest absolute Gasteiger partial charge is 0.126 e. The summed E-state index contributed by atoms with van der Waals surface area (Å²) >= 11 is 0. The SMILES string of the molecule is CC(O)CNc1ccc2ccc(F)cc2n1. The van der Waals surface area contributed by atoms with Crippen molar-refractivity contribution in [3.05, 3.63) is 36.1 Å². The first kappa shape index (κ1) is 10.8. The van der Waals surface area contributed by atoms with E-state index in [1.54, 1.807) is 13.0 Å². The minimum absolute atomic E-state index is 0.298. The van der Waals surface area contributed by atoms with Crippen molar-refractivity contribution >= 4 is 16.7 Å². The fourth-order valence-corrected chi connectivity index (χ4v) is 1.44. The van der Waals surface area contributed by atoms with Gasteiger partial charge >= 0.3 is 0 Å². The van der Waals surface area contributed by atoms with E-state index >= 15 is 0 Å². The van der Waals surface area contributed by atoms with Crippen molar-refractivity contribution in [2.24, 2.45) is 0 Å². The van der Waals surface area contributed by atoms with Crippen LogP contribution < -0.4 is 5.32 Å². The van der Waals surface area contributed by atoms with Crippen LogP contribution >= 0.6 is 0 Å². The standard InChI is InChI=1S/C12H13FN2O/c1-8(16)7-14-12-5-3-9-2-4-10(13)6-11(9)15-12/h2-6,8,16H,7H2,1H3,(H,14,15). The van der Waals surface area contributed by atoms with Gasteiger partial charge in [0.1, 0.15) is 11.6 Å². The number of nitrogens with one attached hydrogen (secondary N) is 1. The molecule has 3 nitrogen and oxygen atoms in total. The molecule has 1 atom stereocenters. The second-order valence-corrected chi connectivity index (χ2v) is 3.76. The Labute approximate surface area is 92.9 Å². The van der Waals surface area contributed by atoms with E-state index < -0.39 is 6.10 Å². The molecule has 1 heterocycles. The molecule has 0 aliphatic carbocycles. The fraction of sp³-hybridized carbons (Fsp3) is 0.250. The lowest BCUT2D eigenvalue weighted by Crippen LogP contribution is -2.15. The summed E-state index contributed by atoms with van der Waals surface area (Å²) in [6, 6.07) is 8.17. The van der Waals surface area contributed by atoms with E-state index in [0.29, 0.717) is 17.9 Å². The summed E-state index contributed by atoms with van der Waals surface area (Å²) in [6.45, 7) is 2.11. The van der Waals surface area contributed by atoms with Gasteiger partial charge in [0.25, 0.3) is 0 Å². The fourth-order valence-electron chi connectivity index (χ4n) is 1.44. The van der Waals surface area contributed by atoms with Crippen LogP contribution in [0.4, 0.5) is 10.2 Å². The average Bonchev–Trinajstić information content (AvgIpc) is 2.25. The van der Waals surface area contributed by atoms with Gasteiger partial charge in [-0.1, -0.05) is 0 Å². The summed E-state index contributed by atoms with van der Waals surface area (Å²) in [5, 5.41) is 13.0. The molecule has 0 saturated carbocycles. The van der Waals surface area contributed by atoms with Gasteiger partial charge in [-0.15, -0.1) is 0 Å². The van der Waals surface area contributed by atoms with Crippen molar-refractivity contribution in [2.75, 3.05) is 11.9 Å². The molecular formula is C12H13FN2O. The number of hydrogen-bond acceptors (Lipinski definition) is 3. The predicted octanol–water partition coefficient (Wildman–Crippen LogP) is 2.17. The van der Waals surface area contributed by atoms with Gasteiger partial charge in [-0.05, 0) is 31.2 Å². The van der Waals surface area contributed by atoms with E-state index in [9.17, 15) is 4.39 Å². The van der Waals surface area contributed by atoms with E-state index in [0.717, 1.165) is 5.39 Å². The first-order valence-electron chi connectivity index (χ1n) is 5.13. The lowest BCUT2D eigenvalue weighted by molar-refractivity contribution is 0.208. The Morgan fingerprint density at radius 3 is 2.88 bits per heavy atom. The number of aliphatic hydroxyl groups excluding tert-OH is 1. The Hall–Kier alpha value is -1.68. The molecule has 4 heteroatoms. The maximum atomic E-state index is 13.0. The lowest BCUT2D eigenvalue weighted by atomic mass is 10.2. The molecule has 0 amide bonds. The van der Waals surface area contributed by atoms with Crippen molar-refractivity contribution in [3.8, 4) is 0 Å². The van der Waals surface area contributed by atoms with E-state index in [-0.39, 0.29) is 5.82 Å². The summed E-state index contributed by atoms with van der Waals surface area (Å²) in [5.74, 6) is 0.340. The number of aliphatic hydroxyl groups is 1. The van der Waals surface area contributed by atoms with Crippen molar-refractivity contribution in [1.29, 1.82) is 0 Å². The van der Waals surface area contributed by atoms with Crippen LogP contribution in [0.5, 0.6) is 0 Å². The number of aromatic nitrogens is 1. The molecule has 0 saturated heterocycles. The largest absolute Gasteiger partial charge is 0.392 e. The van der Waals surface area contributed by atoms with Crippen LogP contribution in [0.1, 0.15) is 6.92 Å². The zero-order chi connectivity index (χ0) is 11.5. The molecule has 1 aromatic heterocycles. The van der Waals surface area contributed by atoms with Gasteiger partial charge in [0.15, 0.2) is 0 Å². The molecule has 2 aromatic rings.